The number of benzene rings is 1. The van der Waals surface area contributed by atoms with Crippen molar-refractivity contribution in [2.45, 2.75) is 20.0 Å². The number of aromatic nitrogens is 1. The first kappa shape index (κ1) is 23.9. The van der Waals surface area contributed by atoms with E-state index in [9.17, 15) is 14.4 Å². The minimum absolute atomic E-state index is 0.140. The molecule has 0 bridgehead atoms. The molecule has 182 valence electrons. The highest BCUT2D eigenvalue weighted by atomic mass is 32.1. The van der Waals surface area contributed by atoms with Gasteiger partial charge in [0.2, 0.25) is 0 Å². The molecule has 1 aromatic heterocycles. The molecule has 1 atom stereocenters. The van der Waals surface area contributed by atoms with E-state index < -0.39 is 23.3 Å². The second-order valence-electron chi connectivity index (χ2n) is 8.39. The summed E-state index contributed by atoms with van der Waals surface area (Å²) in [5.74, 6) is -0.126. The topological polar surface area (TPSA) is 99.4 Å². The molecule has 2 fully saturated rings. The van der Waals surface area contributed by atoms with Crippen molar-refractivity contribution in [1.82, 2.24) is 15.0 Å². The van der Waals surface area contributed by atoms with Crippen LogP contribution in [0.15, 0.2) is 22.7 Å². The third kappa shape index (κ3) is 4.67. The lowest BCUT2D eigenvalue weighted by Gasteiger charge is -2.36. The third-order valence-electron chi connectivity index (χ3n) is 6.08. The average Bonchev–Trinajstić information content (AvgIpc) is 3.34. The molecule has 2 aliphatic rings. The maximum Gasteiger partial charge on any atom is 0.414 e. The Labute approximate surface area is 201 Å². The maximum absolute atomic E-state index is 15.0. The van der Waals surface area contributed by atoms with Gasteiger partial charge in [0.25, 0.3) is 11.1 Å². The predicted molar refractivity (Wildman–Crippen MR) is 125 cm³/mol. The second kappa shape index (κ2) is 9.53. The van der Waals surface area contributed by atoms with Crippen LogP contribution in [0.1, 0.15) is 21.8 Å². The van der Waals surface area contributed by atoms with Crippen molar-refractivity contribution < 1.29 is 28.0 Å². The minimum Gasteiger partial charge on any atom is -0.442 e. The molecule has 4 rings (SSSR count). The first-order valence-corrected chi connectivity index (χ1v) is 11.3. The van der Waals surface area contributed by atoms with E-state index in [1.165, 1.54) is 15.9 Å². The van der Waals surface area contributed by atoms with E-state index in [1.807, 2.05) is 4.90 Å². The van der Waals surface area contributed by atoms with E-state index in [0.29, 0.717) is 54.6 Å². The van der Waals surface area contributed by atoms with E-state index in [4.69, 9.17) is 9.26 Å². The summed E-state index contributed by atoms with van der Waals surface area (Å²) in [4.78, 5) is 42.7. The fraction of sp³-hybridized carbons (Fsp3) is 0.455. The van der Waals surface area contributed by atoms with Crippen molar-refractivity contribution in [1.29, 1.82) is 0 Å². The number of cyclic esters (lactones) is 1. The molecule has 34 heavy (non-hydrogen) atoms. The van der Waals surface area contributed by atoms with Crippen LogP contribution in [0, 0.1) is 19.7 Å². The van der Waals surface area contributed by atoms with Gasteiger partial charge in [-0.2, -0.15) is 0 Å². The van der Waals surface area contributed by atoms with Gasteiger partial charge in [0.05, 0.1) is 30.2 Å². The Kier molecular flexibility index (Phi) is 6.69. The van der Waals surface area contributed by atoms with E-state index in [1.54, 1.807) is 37.9 Å². The Morgan fingerprint density at radius 2 is 1.94 bits per heavy atom. The van der Waals surface area contributed by atoms with Gasteiger partial charge in [-0.1, -0.05) is 17.8 Å². The Morgan fingerprint density at radius 1 is 1.24 bits per heavy atom. The van der Waals surface area contributed by atoms with Crippen molar-refractivity contribution in [3.8, 4) is 0 Å². The Morgan fingerprint density at radius 3 is 2.53 bits per heavy atom. The number of carbonyl (C=O) groups is 3. The van der Waals surface area contributed by atoms with Gasteiger partial charge in [-0.05, 0) is 32.0 Å². The van der Waals surface area contributed by atoms with Crippen molar-refractivity contribution >= 4 is 41.2 Å². The lowest BCUT2D eigenvalue weighted by atomic mass is 10.1. The van der Waals surface area contributed by atoms with Crippen LogP contribution in [0.3, 0.4) is 0 Å². The van der Waals surface area contributed by atoms with Crippen LogP contribution in [-0.4, -0.2) is 84.6 Å². The molecule has 10 nitrogen and oxygen atoms in total. The number of thiol groups is 1. The summed E-state index contributed by atoms with van der Waals surface area (Å²) >= 11 is 3.75. The monoisotopic (exact) mass is 491 g/mol. The highest BCUT2D eigenvalue weighted by Crippen LogP contribution is 2.29. The zero-order valence-electron chi connectivity index (χ0n) is 19.2. The van der Waals surface area contributed by atoms with Crippen molar-refractivity contribution in [2.75, 3.05) is 56.1 Å². The molecule has 3 amide bonds. The van der Waals surface area contributed by atoms with Gasteiger partial charge in [0, 0.05) is 33.2 Å². The number of anilines is 2. The van der Waals surface area contributed by atoms with Gasteiger partial charge in [-0.3, -0.25) is 14.5 Å². The highest BCUT2D eigenvalue weighted by molar-refractivity contribution is 7.96. The van der Waals surface area contributed by atoms with Crippen LogP contribution in [0.4, 0.5) is 25.4 Å². The second-order valence-corrected chi connectivity index (χ2v) is 8.78. The Hall–Kier alpha value is -3.28. The zero-order chi connectivity index (χ0) is 24.6. The summed E-state index contributed by atoms with van der Waals surface area (Å²) in [5, 5.41) is 3.41. The van der Waals surface area contributed by atoms with Crippen LogP contribution in [0.5, 0.6) is 0 Å². The van der Waals surface area contributed by atoms with E-state index in [2.05, 4.69) is 17.8 Å². The van der Waals surface area contributed by atoms with Gasteiger partial charge in [0.15, 0.2) is 0 Å². The summed E-state index contributed by atoms with van der Waals surface area (Å²) in [6.07, 6.45) is -1.12. The van der Waals surface area contributed by atoms with E-state index >= 15 is 4.39 Å². The number of ether oxygens (including phenoxy) is 1. The molecule has 2 saturated heterocycles. The number of carbonyl (C=O) groups excluding carboxylic acids is 3. The standard InChI is InChI=1S/C22H26FN5O5S/c1-13-19(14(2)33-24-13)20(29)27-8-6-26(7-9-27)18-5-4-15(10-17(18)23)28-12-16(32-21(28)30)11-25(3)22(31)34/h4-5,10,16H,6-9,11-12H2,1-3H3,(H,31,34)/t16-/m1/s1. The van der Waals surface area contributed by atoms with Crippen LogP contribution < -0.4 is 9.80 Å². The Balaban J connectivity index is 1.39. The quantitative estimate of drug-likeness (QED) is 0.642. The lowest BCUT2D eigenvalue weighted by Crippen LogP contribution is -2.49. The maximum atomic E-state index is 15.0. The van der Waals surface area contributed by atoms with Crippen molar-refractivity contribution in [2.24, 2.45) is 0 Å². The van der Waals surface area contributed by atoms with Crippen LogP contribution in [0.25, 0.3) is 0 Å². The largest absolute Gasteiger partial charge is 0.442 e. The molecule has 0 radical (unpaired) electrons. The first-order chi connectivity index (χ1) is 16.2. The van der Waals surface area contributed by atoms with Gasteiger partial charge >= 0.3 is 6.09 Å². The summed E-state index contributed by atoms with van der Waals surface area (Å²) < 4.78 is 25.4. The van der Waals surface area contributed by atoms with Gasteiger partial charge in [-0.25, -0.2) is 9.18 Å². The van der Waals surface area contributed by atoms with E-state index in [0.717, 1.165) is 0 Å². The highest BCUT2D eigenvalue weighted by Gasteiger charge is 2.34. The van der Waals surface area contributed by atoms with Crippen LogP contribution in [0.2, 0.25) is 0 Å². The first-order valence-electron chi connectivity index (χ1n) is 10.8. The fourth-order valence-electron chi connectivity index (χ4n) is 4.23. The molecule has 0 aliphatic carbocycles. The smallest absolute Gasteiger partial charge is 0.414 e. The molecule has 0 spiro atoms. The lowest BCUT2D eigenvalue weighted by molar-refractivity contribution is 0.0744. The summed E-state index contributed by atoms with van der Waals surface area (Å²) in [6.45, 7) is 5.62. The van der Waals surface area contributed by atoms with Crippen LogP contribution in [-0.2, 0) is 4.74 Å². The zero-order valence-corrected chi connectivity index (χ0v) is 20.0. The Bertz CT molecular complexity index is 1100. The molecule has 3 heterocycles. The number of nitrogens with zero attached hydrogens (tertiary/aromatic N) is 5. The number of rotatable bonds is 5. The molecule has 0 unspecified atom stereocenters. The number of piperazine rings is 1. The fourth-order valence-corrected chi connectivity index (χ4v) is 4.31. The number of aryl methyl sites for hydroxylation is 2. The summed E-state index contributed by atoms with van der Waals surface area (Å²) in [7, 11) is 1.56. The number of amides is 3. The number of likely N-dealkylation sites (N-methyl/N-ethyl adjacent to an activating group) is 1. The third-order valence-corrected chi connectivity index (χ3v) is 6.42. The molecular formula is C22H26FN5O5S. The molecule has 12 heteroatoms. The van der Waals surface area contributed by atoms with Gasteiger partial charge in [0.1, 0.15) is 23.2 Å². The van der Waals surface area contributed by atoms with E-state index in [-0.39, 0.29) is 19.0 Å². The summed E-state index contributed by atoms with van der Waals surface area (Å²) in [5.41, 5.74) is 1.81. The molecular weight excluding hydrogens is 465 g/mol. The molecule has 2 aromatic rings. The van der Waals surface area contributed by atoms with Gasteiger partial charge in [-0.15, -0.1) is 0 Å². The number of halogens is 1. The summed E-state index contributed by atoms with van der Waals surface area (Å²) in [6, 6.07) is 4.59. The average molecular weight is 492 g/mol. The van der Waals surface area contributed by atoms with Crippen LogP contribution >= 0.6 is 12.6 Å². The number of hydrogen-bond acceptors (Lipinski definition) is 7. The molecule has 0 N–H and O–H groups in total. The number of hydrogen-bond donors (Lipinski definition) is 1. The van der Waals surface area contributed by atoms with Gasteiger partial charge < -0.3 is 24.0 Å². The SMILES string of the molecule is Cc1noc(C)c1C(=O)N1CCN(c2ccc(N3C[C@@H](CN(C)C(=O)S)OC3=O)cc2F)CC1. The van der Waals surface area contributed by atoms with Crippen molar-refractivity contribution in [3.63, 3.8) is 0 Å². The predicted octanol–water partition coefficient (Wildman–Crippen LogP) is 2.70. The molecule has 0 saturated carbocycles. The molecule has 1 aromatic carbocycles. The minimum atomic E-state index is -0.594. The molecule has 2 aliphatic heterocycles. The van der Waals surface area contributed by atoms with Crippen molar-refractivity contribution in [3.05, 3.63) is 41.0 Å². The normalized spacial score (nSPS) is 18.3.